The molecule has 2 heterocycles. The minimum Gasteiger partial charge on any atom is -0.352 e. The zero-order chi connectivity index (χ0) is 13.9. The van der Waals surface area contributed by atoms with Gasteiger partial charge in [0.2, 0.25) is 0 Å². The van der Waals surface area contributed by atoms with Crippen LogP contribution < -0.4 is 10.6 Å². The Morgan fingerprint density at radius 1 is 1.35 bits per heavy atom. The highest BCUT2D eigenvalue weighted by molar-refractivity contribution is 5.99. The van der Waals surface area contributed by atoms with Gasteiger partial charge in [-0.1, -0.05) is 0 Å². The summed E-state index contributed by atoms with van der Waals surface area (Å²) < 4.78 is 12.9. The van der Waals surface area contributed by atoms with E-state index >= 15 is 0 Å². The lowest BCUT2D eigenvalue weighted by atomic mass is 10.0. The van der Waals surface area contributed by atoms with Crippen molar-refractivity contribution in [2.24, 2.45) is 5.92 Å². The molecule has 1 fully saturated rings. The van der Waals surface area contributed by atoms with Gasteiger partial charge in [0.25, 0.3) is 5.91 Å². The van der Waals surface area contributed by atoms with E-state index in [0.717, 1.165) is 18.7 Å². The minimum absolute atomic E-state index is 0.162. The Balaban J connectivity index is 1.75. The standard InChI is InChI=1S/C14H15FN4O/c15-11-3-1-10(2-4-11)13-12(8-18-19-13)14(20)17-7-9-5-16-6-9/h1-4,8-9,16H,5-7H2,(H,17,20)(H,18,19). The SMILES string of the molecule is O=C(NCC1CNC1)c1cn[nH]c1-c1ccc(F)cc1. The highest BCUT2D eigenvalue weighted by Crippen LogP contribution is 2.21. The molecular weight excluding hydrogens is 259 g/mol. The maximum Gasteiger partial charge on any atom is 0.255 e. The predicted octanol–water partition coefficient (Wildman–Crippen LogP) is 1.16. The van der Waals surface area contributed by atoms with Crippen molar-refractivity contribution in [2.75, 3.05) is 19.6 Å². The molecule has 1 aromatic heterocycles. The van der Waals surface area contributed by atoms with Gasteiger partial charge in [-0.25, -0.2) is 4.39 Å². The van der Waals surface area contributed by atoms with Crippen molar-refractivity contribution in [3.8, 4) is 11.3 Å². The van der Waals surface area contributed by atoms with Gasteiger partial charge in [0, 0.05) is 31.1 Å². The van der Waals surface area contributed by atoms with Crippen LogP contribution in [0.25, 0.3) is 11.3 Å². The average molecular weight is 274 g/mol. The number of aromatic amines is 1. The molecule has 2 aromatic rings. The lowest BCUT2D eigenvalue weighted by molar-refractivity contribution is 0.0943. The smallest absolute Gasteiger partial charge is 0.255 e. The fourth-order valence-electron chi connectivity index (χ4n) is 2.12. The lowest BCUT2D eigenvalue weighted by Crippen LogP contribution is -2.48. The Hall–Kier alpha value is -2.21. The Kier molecular flexibility index (Phi) is 3.47. The molecule has 0 spiro atoms. The number of benzene rings is 1. The van der Waals surface area contributed by atoms with Gasteiger partial charge in [-0.15, -0.1) is 0 Å². The Morgan fingerprint density at radius 3 is 2.75 bits per heavy atom. The summed E-state index contributed by atoms with van der Waals surface area (Å²) in [7, 11) is 0. The molecule has 0 unspecified atom stereocenters. The summed E-state index contributed by atoms with van der Waals surface area (Å²) in [5.74, 6) is 0.0295. The number of hydrogen-bond acceptors (Lipinski definition) is 3. The topological polar surface area (TPSA) is 69.8 Å². The van der Waals surface area contributed by atoms with E-state index in [1.54, 1.807) is 12.1 Å². The fourth-order valence-corrected chi connectivity index (χ4v) is 2.12. The first-order chi connectivity index (χ1) is 9.74. The van der Waals surface area contributed by atoms with E-state index in [4.69, 9.17) is 0 Å². The van der Waals surface area contributed by atoms with E-state index in [2.05, 4.69) is 20.8 Å². The van der Waals surface area contributed by atoms with Crippen LogP contribution in [-0.4, -0.2) is 35.7 Å². The number of halogens is 1. The summed E-state index contributed by atoms with van der Waals surface area (Å²) >= 11 is 0. The van der Waals surface area contributed by atoms with E-state index in [0.29, 0.717) is 23.7 Å². The van der Waals surface area contributed by atoms with Gasteiger partial charge in [0.15, 0.2) is 0 Å². The number of rotatable bonds is 4. The fraction of sp³-hybridized carbons (Fsp3) is 0.286. The van der Waals surface area contributed by atoms with Crippen molar-refractivity contribution >= 4 is 5.91 Å². The maximum absolute atomic E-state index is 12.9. The maximum atomic E-state index is 12.9. The predicted molar refractivity (Wildman–Crippen MR) is 72.7 cm³/mol. The van der Waals surface area contributed by atoms with Crippen molar-refractivity contribution < 1.29 is 9.18 Å². The van der Waals surface area contributed by atoms with E-state index in [-0.39, 0.29) is 11.7 Å². The van der Waals surface area contributed by atoms with Gasteiger partial charge in [0.05, 0.1) is 17.5 Å². The molecule has 3 N–H and O–H groups in total. The Labute approximate surface area is 115 Å². The number of H-pyrrole nitrogens is 1. The number of hydrogen-bond donors (Lipinski definition) is 3. The van der Waals surface area contributed by atoms with Crippen molar-refractivity contribution in [2.45, 2.75) is 0 Å². The molecule has 1 aliphatic heterocycles. The van der Waals surface area contributed by atoms with E-state index in [9.17, 15) is 9.18 Å². The van der Waals surface area contributed by atoms with Gasteiger partial charge in [-0.3, -0.25) is 9.89 Å². The van der Waals surface area contributed by atoms with Gasteiger partial charge < -0.3 is 10.6 Å². The monoisotopic (exact) mass is 274 g/mol. The molecule has 1 aromatic carbocycles. The van der Waals surface area contributed by atoms with Crippen LogP contribution in [0.15, 0.2) is 30.5 Å². The first-order valence-electron chi connectivity index (χ1n) is 6.52. The van der Waals surface area contributed by atoms with Gasteiger partial charge in [0.1, 0.15) is 5.82 Å². The highest BCUT2D eigenvalue weighted by atomic mass is 19.1. The summed E-state index contributed by atoms with van der Waals surface area (Å²) in [6.45, 7) is 2.53. The molecule has 3 rings (SSSR count). The van der Waals surface area contributed by atoms with Gasteiger partial charge >= 0.3 is 0 Å². The molecule has 5 nitrogen and oxygen atoms in total. The van der Waals surface area contributed by atoms with Crippen molar-refractivity contribution in [1.82, 2.24) is 20.8 Å². The van der Waals surface area contributed by atoms with Crippen LogP contribution in [-0.2, 0) is 0 Å². The molecule has 0 radical (unpaired) electrons. The zero-order valence-corrected chi connectivity index (χ0v) is 10.8. The number of carbonyl (C=O) groups excluding carboxylic acids is 1. The minimum atomic E-state index is -0.309. The molecule has 104 valence electrons. The van der Waals surface area contributed by atoms with Gasteiger partial charge in [-0.05, 0) is 24.3 Å². The number of aromatic nitrogens is 2. The van der Waals surface area contributed by atoms with Crippen LogP contribution in [0.1, 0.15) is 10.4 Å². The molecule has 0 saturated carbocycles. The molecule has 0 aliphatic carbocycles. The van der Waals surface area contributed by atoms with E-state index < -0.39 is 0 Å². The van der Waals surface area contributed by atoms with E-state index in [1.807, 2.05) is 0 Å². The van der Waals surface area contributed by atoms with Crippen LogP contribution in [0.2, 0.25) is 0 Å². The molecule has 1 amide bonds. The first-order valence-corrected chi connectivity index (χ1v) is 6.52. The van der Waals surface area contributed by atoms with Gasteiger partial charge in [-0.2, -0.15) is 5.10 Å². The number of nitrogens with zero attached hydrogens (tertiary/aromatic N) is 1. The van der Waals surface area contributed by atoms with Crippen molar-refractivity contribution in [3.63, 3.8) is 0 Å². The third-order valence-electron chi connectivity index (χ3n) is 3.43. The second-order valence-electron chi connectivity index (χ2n) is 4.90. The molecule has 0 atom stereocenters. The second-order valence-corrected chi connectivity index (χ2v) is 4.90. The molecule has 6 heteroatoms. The lowest BCUT2D eigenvalue weighted by Gasteiger charge is -2.27. The average Bonchev–Trinajstić information content (AvgIpc) is 2.87. The second kappa shape index (κ2) is 5.42. The third-order valence-corrected chi connectivity index (χ3v) is 3.43. The van der Waals surface area contributed by atoms with Crippen LogP contribution >= 0.6 is 0 Å². The molecule has 20 heavy (non-hydrogen) atoms. The summed E-state index contributed by atoms with van der Waals surface area (Å²) in [5.41, 5.74) is 1.82. The zero-order valence-electron chi connectivity index (χ0n) is 10.8. The normalized spacial score (nSPS) is 14.8. The third kappa shape index (κ3) is 2.55. The largest absolute Gasteiger partial charge is 0.352 e. The Morgan fingerprint density at radius 2 is 2.10 bits per heavy atom. The summed E-state index contributed by atoms with van der Waals surface area (Å²) in [5, 5.41) is 12.8. The van der Waals surface area contributed by atoms with Crippen LogP contribution in [0.5, 0.6) is 0 Å². The van der Waals surface area contributed by atoms with Crippen molar-refractivity contribution in [1.29, 1.82) is 0 Å². The molecule has 1 saturated heterocycles. The Bertz CT molecular complexity index is 604. The van der Waals surface area contributed by atoms with Crippen LogP contribution in [0.4, 0.5) is 4.39 Å². The summed E-state index contributed by atoms with van der Waals surface area (Å²) in [6.07, 6.45) is 1.49. The van der Waals surface area contributed by atoms with Crippen LogP contribution in [0, 0.1) is 11.7 Å². The van der Waals surface area contributed by atoms with Crippen LogP contribution in [0.3, 0.4) is 0 Å². The molecular formula is C14H15FN4O. The van der Waals surface area contributed by atoms with E-state index in [1.165, 1.54) is 18.3 Å². The summed E-state index contributed by atoms with van der Waals surface area (Å²) in [6, 6.07) is 5.96. The number of amides is 1. The number of nitrogens with one attached hydrogen (secondary N) is 3. The molecule has 1 aliphatic rings. The summed E-state index contributed by atoms with van der Waals surface area (Å²) in [4.78, 5) is 12.1. The molecule has 0 bridgehead atoms. The quantitative estimate of drug-likeness (QED) is 0.783. The first kappa shape index (κ1) is 12.8. The van der Waals surface area contributed by atoms with Crippen molar-refractivity contribution in [3.05, 3.63) is 41.8 Å². The number of carbonyl (C=O) groups is 1. The highest BCUT2D eigenvalue weighted by Gasteiger charge is 2.20.